The number of hydrogen-bond acceptors (Lipinski definition) is 6. The Morgan fingerprint density at radius 2 is 2.30 bits per heavy atom. The van der Waals surface area contributed by atoms with E-state index >= 15 is 0 Å². The summed E-state index contributed by atoms with van der Waals surface area (Å²) in [4.78, 5) is 15.2. The number of aliphatic hydroxyl groups excluding tert-OH is 1. The van der Waals surface area contributed by atoms with Gasteiger partial charge in [0.05, 0.1) is 30.5 Å². The Hall–Kier alpha value is -2.72. The maximum atomic E-state index is 11.3. The second kappa shape index (κ2) is 5.50. The average Bonchev–Trinajstić information content (AvgIpc) is 2.95. The fourth-order valence-electron chi connectivity index (χ4n) is 1.73. The molecule has 7 nitrogen and oxygen atoms in total. The Labute approximate surface area is 115 Å². The molecule has 1 aromatic heterocycles. The highest BCUT2D eigenvalue weighted by atomic mass is 16.5. The van der Waals surface area contributed by atoms with Crippen LogP contribution in [0.3, 0.4) is 0 Å². The summed E-state index contributed by atoms with van der Waals surface area (Å²) in [5.74, 6) is -0.745. The zero-order valence-corrected chi connectivity index (χ0v) is 10.9. The zero-order valence-electron chi connectivity index (χ0n) is 10.9. The molecule has 102 valence electrons. The minimum atomic E-state index is -0.747. The quantitative estimate of drug-likeness (QED) is 0.836. The summed E-state index contributed by atoms with van der Waals surface area (Å²) in [7, 11) is 1.24. The van der Waals surface area contributed by atoms with Crippen molar-refractivity contribution in [3.63, 3.8) is 0 Å². The lowest BCUT2D eigenvalue weighted by atomic mass is 10.1. The third-order valence-electron chi connectivity index (χ3n) is 2.72. The van der Waals surface area contributed by atoms with Gasteiger partial charge in [-0.25, -0.2) is 14.5 Å². The van der Waals surface area contributed by atoms with E-state index in [0.717, 1.165) is 0 Å². The minimum absolute atomic E-state index is 0.0913. The van der Waals surface area contributed by atoms with E-state index < -0.39 is 12.1 Å². The Balaban J connectivity index is 2.53. The normalized spacial score (nSPS) is 11.7. The smallest absolute Gasteiger partial charge is 0.377 e. The van der Waals surface area contributed by atoms with Crippen LogP contribution in [0.25, 0.3) is 5.69 Å². The molecule has 0 fully saturated rings. The predicted octanol–water partition coefficient (Wildman–Crippen LogP) is 0.979. The molecule has 20 heavy (non-hydrogen) atoms. The number of methoxy groups -OCH3 is 1. The van der Waals surface area contributed by atoms with Crippen LogP contribution >= 0.6 is 0 Å². The molecular formula is C13H12N4O3. The van der Waals surface area contributed by atoms with Crippen LogP contribution in [0, 0.1) is 11.3 Å². The molecule has 2 rings (SSSR count). The first-order valence-corrected chi connectivity index (χ1v) is 5.79. The molecule has 0 saturated heterocycles. The Kier molecular flexibility index (Phi) is 3.77. The zero-order chi connectivity index (χ0) is 14.7. The standard InChI is InChI=1S/C13H12N4O3/c1-8(18)10-4-3-9(6-14)5-11(10)17-7-15-12(16-17)13(19)20-2/h3-5,7-8,18H,1-2H3/t8-/m0/s1. The van der Waals surface area contributed by atoms with Gasteiger partial charge in [0.2, 0.25) is 0 Å². The lowest BCUT2D eigenvalue weighted by Crippen LogP contribution is -2.07. The van der Waals surface area contributed by atoms with E-state index in [4.69, 9.17) is 5.26 Å². The van der Waals surface area contributed by atoms with Crippen LogP contribution in [-0.2, 0) is 4.74 Å². The first kappa shape index (κ1) is 13.7. The number of nitriles is 1. The summed E-state index contributed by atoms with van der Waals surface area (Å²) >= 11 is 0. The number of carbonyl (C=O) groups is 1. The number of ether oxygens (including phenoxy) is 1. The highest BCUT2D eigenvalue weighted by Crippen LogP contribution is 2.22. The third-order valence-corrected chi connectivity index (χ3v) is 2.72. The van der Waals surface area contributed by atoms with Crippen molar-refractivity contribution >= 4 is 5.97 Å². The van der Waals surface area contributed by atoms with Crippen molar-refractivity contribution in [1.82, 2.24) is 14.8 Å². The van der Waals surface area contributed by atoms with Crippen molar-refractivity contribution in [1.29, 1.82) is 5.26 Å². The van der Waals surface area contributed by atoms with Crippen LogP contribution < -0.4 is 0 Å². The second-order valence-electron chi connectivity index (χ2n) is 4.07. The fourth-order valence-corrected chi connectivity index (χ4v) is 1.73. The van der Waals surface area contributed by atoms with Gasteiger partial charge in [0.25, 0.3) is 5.82 Å². The molecular weight excluding hydrogens is 260 g/mol. The molecule has 7 heteroatoms. The van der Waals surface area contributed by atoms with Gasteiger partial charge in [0.15, 0.2) is 0 Å². The van der Waals surface area contributed by atoms with Gasteiger partial charge in [-0.2, -0.15) is 5.26 Å². The lowest BCUT2D eigenvalue weighted by Gasteiger charge is -2.11. The number of hydrogen-bond donors (Lipinski definition) is 1. The average molecular weight is 272 g/mol. The van der Waals surface area contributed by atoms with Gasteiger partial charge in [0, 0.05) is 5.56 Å². The molecule has 1 heterocycles. The van der Waals surface area contributed by atoms with Gasteiger partial charge < -0.3 is 9.84 Å². The van der Waals surface area contributed by atoms with Gasteiger partial charge in [-0.15, -0.1) is 5.10 Å². The molecule has 1 N–H and O–H groups in total. The van der Waals surface area contributed by atoms with Crippen LogP contribution in [0.4, 0.5) is 0 Å². The SMILES string of the molecule is COC(=O)c1ncn(-c2cc(C#N)ccc2[C@H](C)O)n1. The predicted molar refractivity (Wildman–Crippen MR) is 68.0 cm³/mol. The molecule has 1 atom stereocenters. The van der Waals surface area contributed by atoms with Crippen molar-refractivity contribution in [2.45, 2.75) is 13.0 Å². The third kappa shape index (κ3) is 2.50. The summed E-state index contributed by atoms with van der Waals surface area (Å²) in [5.41, 5.74) is 1.48. The maximum Gasteiger partial charge on any atom is 0.377 e. The van der Waals surface area contributed by atoms with Crippen LogP contribution in [0.5, 0.6) is 0 Å². The first-order chi connectivity index (χ1) is 9.56. The van der Waals surface area contributed by atoms with Crippen molar-refractivity contribution in [2.75, 3.05) is 7.11 Å². The molecule has 0 spiro atoms. The van der Waals surface area contributed by atoms with Crippen LogP contribution in [0.2, 0.25) is 0 Å². The number of aliphatic hydroxyl groups is 1. The van der Waals surface area contributed by atoms with Crippen molar-refractivity contribution in [2.24, 2.45) is 0 Å². The lowest BCUT2D eigenvalue weighted by molar-refractivity contribution is 0.0587. The Bertz CT molecular complexity index is 685. The van der Waals surface area contributed by atoms with Gasteiger partial charge in [0.1, 0.15) is 6.33 Å². The highest BCUT2D eigenvalue weighted by molar-refractivity contribution is 5.84. The number of aromatic nitrogens is 3. The van der Waals surface area contributed by atoms with E-state index in [-0.39, 0.29) is 5.82 Å². The number of nitrogens with zero attached hydrogens (tertiary/aromatic N) is 4. The van der Waals surface area contributed by atoms with E-state index in [9.17, 15) is 9.90 Å². The maximum absolute atomic E-state index is 11.3. The van der Waals surface area contributed by atoms with E-state index in [2.05, 4.69) is 14.8 Å². The fraction of sp³-hybridized carbons (Fsp3) is 0.231. The Morgan fingerprint density at radius 3 is 2.90 bits per heavy atom. The van der Waals surface area contributed by atoms with Gasteiger partial charge >= 0.3 is 5.97 Å². The molecule has 0 radical (unpaired) electrons. The van der Waals surface area contributed by atoms with Gasteiger partial charge in [-0.3, -0.25) is 0 Å². The number of carbonyl (C=O) groups excluding carboxylic acids is 1. The minimum Gasteiger partial charge on any atom is -0.463 e. The van der Waals surface area contributed by atoms with Crippen molar-refractivity contribution in [3.8, 4) is 11.8 Å². The van der Waals surface area contributed by atoms with Crippen molar-refractivity contribution < 1.29 is 14.6 Å². The van der Waals surface area contributed by atoms with Crippen molar-refractivity contribution in [3.05, 3.63) is 41.5 Å². The molecule has 0 bridgehead atoms. The summed E-state index contributed by atoms with van der Waals surface area (Å²) in [6.07, 6.45) is 0.581. The van der Waals surface area contributed by atoms with Gasteiger partial charge in [-0.1, -0.05) is 6.07 Å². The molecule has 0 aliphatic heterocycles. The summed E-state index contributed by atoms with van der Waals surface area (Å²) in [5, 5.41) is 22.7. The highest BCUT2D eigenvalue weighted by Gasteiger charge is 2.16. The molecule has 0 aliphatic rings. The number of esters is 1. The summed E-state index contributed by atoms with van der Waals surface area (Å²) in [6, 6.07) is 6.81. The monoisotopic (exact) mass is 272 g/mol. The van der Waals surface area contributed by atoms with Crippen LogP contribution in [0.1, 0.15) is 34.8 Å². The second-order valence-corrected chi connectivity index (χ2v) is 4.07. The summed E-state index contributed by atoms with van der Waals surface area (Å²) < 4.78 is 5.86. The molecule has 0 unspecified atom stereocenters. The largest absolute Gasteiger partial charge is 0.463 e. The van der Waals surface area contributed by atoms with Crippen LogP contribution in [-0.4, -0.2) is 33.0 Å². The van der Waals surface area contributed by atoms with E-state index in [0.29, 0.717) is 16.8 Å². The van der Waals surface area contributed by atoms with Gasteiger partial charge in [-0.05, 0) is 19.1 Å². The Morgan fingerprint density at radius 1 is 1.55 bits per heavy atom. The molecule has 0 amide bonds. The number of rotatable bonds is 3. The van der Waals surface area contributed by atoms with E-state index in [1.54, 1.807) is 25.1 Å². The van der Waals surface area contributed by atoms with E-state index in [1.165, 1.54) is 18.1 Å². The number of benzene rings is 1. The summed E-state index contributed by atoms with van der Waals surface area (Å²) in [6.45, 7) is 1.60. The molecule has 2 aromatic rings. The topological polar surface area (TPSA) is 101 Å². The first-order valence-electron chi connectivity index (χ1n) is 5.79. The molecule has 0 aliphatic carbocycles. The van der Waals surface area contributed by atoms with Crippen LogP contribution in [0.15, 0.2) is 24.5 Å². The molecule has 0 saturated carbocycles. The van der Waals surface area contributed by atoms with E-state index in [1.807, 2.05) is 6.07 Å². The molecule has 1 aromatic carbocycles.